The van der Waals surface area contributed by atoms with E-state index in [1.54, 1.807) is 12.4 Å². The predicted octanol–water partition coefficient (Wildman–Crippen LogP) is 3.78. The van der Waals surface area contributed by atoms with Crippen LogP contribution >= 0.6 is 0 Å². The molecule has 0 bridgehead atoms. The van der Waals surface area contributed by atoms with Crippen LogP contribution in [0.1, 0.15) is 56.6 Å². The quantitative estimate of drug-likeness (QED) is 0.645. The van der Waals surface area contributed by atoms with Crippen molar-refractivity contribution in [1.82, 2.24) is 29.7 Å². The molecule has 5 rings (SSSR count). The molecule has 7 nitrogen and oxygen atoms in total. The Balaban J connectivity index is 1.74. The number of fused-ring (bicyclic) bond motifs is 3. The van der Waals surface area contributed by atoms with Gasteiger partial charge < -0.3 is 4.90 Å². The van der Waals surface area contributed by atoms with Gasteiger partial charge in [0, 0.05) is 23.9 Å². The van der Waals surface area contributed by atoms with Gasteiger partial charge in [-0.25, -0.2) is 15.0 Å². The van der Waals surface area contributed by atoms with Gasteiger partial charge in [-0.15, -0.1) is 10.2 Å². The van der Waals surface area contributed by atoms with Crippen molar-refractivity contribution in [2.45, 2.75) is 58.0 Å². The summed E-state index contributed by atoms with van der Waals surface area (Å²) in [7, 11) is 0. The molecule has 1 atom stereocenters. The molecule has 0 amide bonds. The maximum Gasteiger partial charge on any atom is 0.213 e. The summed E-state index contributed by atoms with van der Waals surface area (Å²) in [6, 6.07) is 3.67. The molecule has 8 heteroatoms. The largest absolute Gasteiger partial charge is 0.341 e. The number of anilines is 1. The number of hydrogen-bond acceptors (Lipinski definition) is 6. The Bertz CT molecular complexity index is 1030. The number of aryl methyl sites for hydroxylation is 1. The van der Waals surface area contributed by atoms with Crippen molar-refractivity contribution >= 4 is 5.82 Å². The van der Waals surface area contributed by atoms with Crippen LogP contribution in [0.15, 0.2) is 24.7 Å². The molecule has 0 spiro atoms. The Morgan fingerprint density at radius 2 is 2.04 bits per heavy atom. The van der Waals surface area contributed by atoms with Crippen LogP contribution in [0.5, 0.6) is 0 Å². The van der Waals surface area contributed by atoms with Gasteiger partial charge in [-0.05, 0) is 32.3 Å². The molecular weight excluding hydrogens is 357 g/mol. The van der Waals surface area contributed by atoms with Gasteiger partial charge in [0.15, 0.2) is 17.5 Å². The average molecular weight is 379 g/mol. The minimum Gasteiger partial charge on any atom is -0.341 e. The van der Waals surface area contributed by atoms with Gasteiger partial charge in [0.1, 0.15) is 12.0 Å². The fraction of sp³-hybridized carbons (Fsp3) is 0.450. The van der Waals surface area contributed by atoms with Crippen LogP contribution < -0.4 is 4.90 Å². The first-order valence-electron chi connectivity index (χ1n) is 9.86. The Morgan fingerprint density at radius 1 is 1.21 bits per heavy atom. The summed E-state index contributed by atoms with van der Waals surface area (Å²) in [4.78, 5) is 15.7. The highest BCUT2D eigenvalue weighted by molar-refractivity contribution is 5.69. The van der Waals surface area contributed by atoms with E-state index in [0.29, 0.717) is 17.4 Å². The van der Waals surface area contributed by atoms with Crippen LogP contribution in [0.4, 0.5) is 10.2 Å². The Kier molecular flexibility index (Phi) is 4.07. The molecule has 3 aromatic rings. The second kappa shape index (κ2) is 6.61. The summed E-state index contributed by atoms with van der Waals surface area (Å²) in [5.41, 5.74) is 2.39. The van der Waals surface area contributed by atoms with Crippen LogP contribution in [0.3, 0.4) is 0 Å². The minimum atomic E-state index is -0.531. The van der Waals surface area contributed by atoms with Crippen molar-refractivity contribution in [3.63, 3.8) is 0 Å². The fourth-order valence-corrected chi connectivity index (χ4v) is 4.59. The zero-order valence-electron chi connectivity index (χ0n) is 16.0. The van der Waals surface area contributed by atoms with E-state index in [1.165, 1.54) is 25.1 Å². The number of aromatic nitrogens is 6. The van der Waals surface area contributed by atoms with Crippen molar-refractivity contribution in [2.75, 3.05) is 4.90 Å². The van der Waals surface area contributed by atoms with E-state index < -0.39 is 5.95 Å². The first kappa shape index (κ1) is 17.2. The molecule has 0 radical (unpaired) electrons. The van der Waals surface area contributed by atoms with Gasteiger partial charge in [0.05, 0.1) is 11.7 Å². The molecule has 1 saturated carbocycles. The molecule has 0 N–H and O–H groups in total. The second-order valence-electron chi connectivity index (χ2n) is 7.50. The lowest BCUT2D eigenvalue weighted by Gasteiger charge is -2.41. The monoisotopic (exact) mass is 379 g/mol. The Morgan fingerprint density at radius 3 is 2.79 bits per heavy atom. The van der Waals surface area contributed by atoms with Crippen LogP contribution in [0.2, 0.25) is 0 Å². The highest BCUT2D eigenvalue weighted by atomic mass is 19.1. The lowest BCUT2D eigenvalue weighted by Crippen LogP contribution is -2.42. The zero-order chi connectivity index (χ0) is 19.3. The third kappa shape index (κ3) is 2.58. The van der Waals surface area contributed by atoms with Crippen molar-refractivity contribution in [2.24, 2.45) is 0 Å². The van der Waals surface area contributed by atoms with Crippen LogP contribution in [-0.2, 0) is 0 Å². The highest BCUT2D eigenvalue weighted by Gasteiger charge is 2.39. The lowest BCUT2D eigenvalue weighted by molar-refractivity contribution is 0.468. The summed E-state index contributed by atoms with van der Waals surface area (Å²) in [6.45, 7) is 4.13. The SMILES string of the molecule is CC[C@@H]1c2nncn2-c2c(C)nc(-c3ccnc(F)c3)nc2N1C1CCCC1. The van der Waals surface area contributed by atoms with Gasteiger partial charge in [0.25, 0.3) is 0 Å². The van der Waals surface area contributed by atoms with Crippen molar-refractivity contribution in [3.05, 3.63) is 42.1 Å². The number of rotatable bonds is 3. The van der Waals surface area contributed by atoms with Crippen molar-refractivity contribution < 1.29 is 4.39 Å². The zero-order valence-corrected chi connectivity index (χ0v) is 16.0. The third-order valence-electron chi connectivity index (χ3n) is 5.82. The first-order valence-corrected chi connectivity index (χ1v) is 9.86. The standard InChI is InChI=1S/C20H22FN7/c1-3-15-19-26-23-11-27(19)17-12(2)24-18(13-8-9-22-16(21)10-13)25-20(17)28(15)14-6-4-5-7-14/h8-11,14-15H,3-7H2,1-2H3/t15-/m1/s1. The topological polar surface area (TPSA) is 72.6 Å². The lowest BCUT2D eigenvalue weighted by atomic mass is 10.0. The molecule has 0 unspecified atom stereocenters. The van der Waals surface area contributed by atoms with Gasteiger partial charge in [-0.2, -0.15) is 4.39 Å². The molecule has 1 aliphatic heterocycles. The highest BCUT2D eigenvalue weighted by Crippen LogP contribution is 2.44. The van der Waals surface area contributed by atoms with Gasteiger partial charge >= 0.3 is 0 Å². The molecule has 0 saturated heterocycles. The molecule has 1 fully saturated rings. The normalized spacial score (nSPS) is 19.0. The summed E-state index contributed by atoms with van der Waals surface area (Å²) in [6.07, 6.45) is 8.85. The van der Waals surface area contributed by atoms with Crippen LogP contribution in [0.25, 0.3) is 17.1 Å². The number of halogens is 1. The summed E-state index contributed by atoms with van der Waals surface area (Å²) >= 11 is 0. The molecule has 3 aromatic heterocycles. The van der Waals surface area contributed by atoms with Crippen LogP contribution in [-0.4, -0.2) is 35.8 Å². The minimum absolute atomic E-state index is 0.120. The molecular formula is C20H22FN7. The predicted molar refractivity (Wildman–Crippen MR) is 103 cm³/mol. The molecule has 2 aliphatic rings. The number of nitrogens with zero attached hydrogens (tertiary/aromatic N) is 7. The van der Waals surface area contributed by atoms with Gasteiger partial charge in [-0.1, -0.05) is 19.8 Å². The van der Waals surface area contributed by atoms with E-state index in [1.807, 2.05) is 11.5 Å². The van der Waals surface area contributed by atoms with Crippen molar-refractivity contribution in [3.8, 4) is 17.1 Å². The fourth-order valence-electron chi connectivity index (χ4n) is 4.59. The second-order valence-corrected chi connectivity index (χ2v) is 7.50. The molecule has 4 heterocycles. The molecule has 0 aromatic carbocycles. The Hall–Kier alpha value is -2.90. The summed E-state index contributed by atoms with van der Waals surface area (Å²) in [5, 5.41) is 8.59. The van der Waals surface area contributed by atoms with Crippen molar-refractivity contribution in [1.29, 1.82) is 0 Å². The summed E-state index contributed by atoms with van der Waals surface area (Å²) < 4.78 is 15.7. The number of hydrogen-bond donors (Lipinski definition) is 0. The maximum absolute atomic E-state index is 13.7. The Labute approximate surface area is 162 Å². The van der Waals surface area contributed by atoms with Gasteiger partial charge in [0.2, 0.25) is 5.95 Å². The van der Waals surface area contributed by atoms with E-state index in [9.17, 15) is 4.39 Å². The molecule has 144 valence electrons. The maximum atomic E-state index is 13.7. The first-order chi connectivity index (χ1) is 13.7. The molecule has 1 aliphatic carbocycles. The summed E-state index contributed by atoms with van der Waals surface area (Å²) in [5.74, 6) is 1.82. The number of pyridine rings is 1. The van der Waals surface area contributed by atoms with E-state index in [2.05, 4.69) is 32.0 Å². The van der Waals surface area contributed by atoms with E-state index in [4.69, 9.17) is 4.98 Å². The van der Waals surface area contributed by atoms with Gasteiger partial charge in [-0.3, -0.25) is 4.57 Å². The average Bonchev–Trinajstić information content (AvgIpc) is 3.38. The van der Waals surface area contributed by atoms with Crippen LogP contribution in [0, 0.1) is 12.9 Å². The van der Waals surface area contributed by atoms with E-state index in [0.717, 1.165) is 42.3 Å². The molecule has 28 heavy (non-hydrogen) atoms. The smallest absolute Gasteiger partial charge is 0.213 e. The van der Waals surface area contributed by atoms with E-state index >= 15 is 0 Å². The third-order valence-corrected chi connectivity index (χ3v) is 5.82. The van der Waals surface area contributed by atoms with E-state index in [-0.39, 0.29) is 6.04 Å².